The molecule has 2 aliphatic rings. The molecule has 0 radical (unpaired) electrons. The van der Waals surface area contributed by atoms with E-state index in [2.05, 4.69) is 10.6 Å². The van der Waals surface area contributed by atoms with Crippen LogP contribution in [0.3, 0.4) is 0 Å². The van der Waals surface area contributed by atoms with Gasteiger partial charge in [0.15, 0.2) is 3.95 Å². The molecule has 1 aliphatic carbocycles. The van der Waals surface area contributed by atoms with E-state index in [1.54, 1.807) is 18.2 Å². The number of carbonyl (C=O) groups is 2. The first kappa shape index (κ1) is 22.1. The number of hydrogen-bond donors (Lipinski definition) is 2. The molecule has 4 rings (SSSR count). The molecule has 0 bridgehead atoms. The standard InChI is InChI=1S/C21H24ClN3O4S2/c1-3-28-12-6-8-16(29-4-2)14(10-12)23-20(27)17-18-24-19(26)13-9-11(22)5-7-15(13)25(18)21(30)31-17/h6,8,10-11,13,15H,3-5,7,9H2,1-2H3,(H,23,27)(H,24,26). The van der Waals surface area contributed by atoms with E-state index in [0.29, 0.717) is 51.5 Å². The van der Waals surface area contributed by atoms with Crippen molar-refractivity contribution in [1.29, 1.82) is 0 Å². The van der Waals surface area contributed by atoms with Crippen molar-refractivity contribution in [3.8, 4) is 11.5 Å². The Hall–Kier alpha value is -2.10. The summed E-state index contributed by atoms with van der Waals surface area (Å²) in [6.45, 7) is 4.73. The minimum atomic E-state index is -0.357. The Morgan fingerprint density at radius 1 is 1.32 bits per heavy atom. The third-order valence-corrected chi connectivity index (χ3v) is 7.32. The summed E-state index contributed by atoms with van der Waals surface area (Å²) >= 11 is 13.1. The number of carbonyl (C=O) groups excluding carboxylic acids is 2. The van der Waals surface area contributed by atoms with Crippen LogP contribution < -0.4 is 20.1 Å². The number of ether oxygens (including phenoxy) is 2. The second-order valence-corrected chi connectivity index (χ2v) is 9.73. The molecular weight excluding hydrogens is 458 g/mol. The quantitative estimate of drug-likeness (QED) is 0.436. The Morgan fingerprint density at radius 2 is 2.10 bits per heavy atom. The van der Waals surface area contributed by atoms with Gasteiger partial charge in [-0.05, 0) is 57.5 Å². The summed E-state index contributed by atoms with van der Waals surface area (Å²) in [5.41, 5.74) is 0.499. The topological polar surface area (TPSA) is 81.6 Å². The highest BCUT2D eigenvalue weighted by molar-refractivity contribution is 7.73. The molecule has 3 unspecified atom stereocenters. The minimum Gasteiger partial charge on any atom is -0.494 e. The third kappa shape index (κ3) is 4.31. The highest BCUT2D eigenvalue weighted by atomic mass is 35.5. The molecule has 0 spiro atoms. The minimum absolute atomic E-state index is 0.0151. The van der Waals surface area contributed by atoms with Crippen LogP contribution in [-0.2, 0) is 4.79 Å². The van der Waals surface area contributed by atoms with Crippen molar-refractivity contribution in [2.24, 2.45) is 5.92 Å². The van der Waals surface area contributed by atoms with Gasteiger partial charge in [0.05, 0.1) is 24.8 Å². The molecule has 0 saturated heterocycles. The highest BCUT2D eigenvalue weighted by Crippen LogP contribution is 2.44. The molecule has 2 heterocycles. The second-order valence-electron chi connectivity index (χ2n) is 7.47. The zero-order chi connectivity index (χ0) is 22.1. The first-order chi connectivity index (χ1) is 14.9. The molecule has 2 amide bonds. The summed E-state index contributed by atoms with van der Waals surface area (Å²) in [6, 6.07) is 5.22. The summed E-state index contributed by atoms with van der Waals surface area (Å²) < 4.78 is 13.7. The van der Waals surface area contributed by atoms with Crippen molar-refractivity contribution in [3.63, 3.8) is 0 Å². The molecule has 2 aromatic rings. The number of fused-ring (bicyclic) bond motifs is 3. The average Bonchev–Trinajstić information content (AvgIpc) is 3.07. The fourth-order valence-corrected chi connectivity index (χ4v) is 5.87. The number of nitrogens with zero attached hydrogens (tertiary/aromatic N) is 1. The molecule has 1 saturated carbocycles. The normalized spacial score (nSPS) is 22.2. The largest absolute Gasteiger partial charge is 0.494 e. The van der Waals surface area contributed by atoms with E-state index in [9.17, 15) is 9.59 Å². The fraction of sp³-hybridized carbons (Fsp3) is 0.476. The number of hydrogen-bond acceptors (Lipinski definition) is 6. The van der Waals surface area contributed by atoms with Crippen LogP contribution in [-0.4, -0.2) is 35.0 Å². The third-order valence-electron chi connectivity index (χ3n) is 5.52. The maximum Gasteiger partial charge on any atom is 0.269 e. The first-order valence-electron chi connectivity index (χ1n) is 10.3. The van der Waals surface area contributed by atoms with E-state index in [1.807, 2.05) is 18.4 Å². The van der Waals surface area contributed by atoms with E-state index >= 15 is 0 Å². The van der Waals surface area contributed by atoms with Gasteiger partial charge in [0.25, 0.3) is 5.91 Å². The van der Waals surface area contributed by atoms with Crippen LogP contribution >= 0.6 is 35.2 Å². The second kappa shape index (κ2) is 9.18. The molecule has 1 fully saturated rings. The number of benzene rings is 1. The van der Waals surface area contributed by atoms with Crippen LogP contribution in [0, 0.1) is 9.87 Å². The summed E-state index contributed by atoms with van der Waals surface area (Å²) in [6.07, 6.45) is 2.19. The Morgan fingerprint density at radius 3 is 2.84 bits per heavy atom. The predicted molar refractivity (Wildman–Crippen MR) is 125 cm³/mol. The zero-order valence-corrected chi connectivity index (χ0v) is 19.7. The SMILES string of the molecule is CCOc1ccc(OCC)c(NC(=O)c2sc(=S)n3c2NC(=O)C2CC(Cl)CCC23)c1. The number of halogens is 1. The van der Waals surface area contributed by atoms with Crippen molar-refractivity contribution in [3.05, 3.63) is 27.0 Å². The summed E-state index contributed by atoms with van der Waals surface area (Å²) in [7, 11) is 0. The van der Waals surface area contributed by atoms with E-state index in [1.165, 1.54) is 11.3 Å². The molecule has 3 atom stereocenters. The lowest BCUT2D eigenvalue weighted by Crippen LogP contribution is -2.41. The molecule has 1 aromatic carbocycles. The van der Waals surface area contributed by atoms with E-state index in [-0.39, 0.29) is 29.2 Å². The van der Waals surface area contributed by atoms with Crippen LogP contribution in [0.5, 0.6) is 11.5 Å². The van der Waals surface area contributed by atoms with Crippen molar-refractivity contribution in [1.82, 2.24) is 4.57 Å². The fourth-order valence-electron chi connectivity index (χ4n) is 4.18. The van der Waals surface area contributed by atoms with Gasteiger partial charge >= 0.3 is 0 Å². The molecule has 7 nitrogen and oxygen atoms in total. The molecule has 2 N–H and O–H groups in total. The number of thiazole rings is 1. The van der Waals surface area contributed by atoms with Gasteiger partial charge in [-0.1, -0.05) is 11.3 Å². The lowest BCUT2D eigenvalue weighted by Gasteiger charge is -2.38. The van der Waals surface area contributed by atoms with Crippen LogP contribution in [0.15, 0.2) is 18.2 Å². The Bertz CT molecular complexity index is 1070. The zero-order valence-electron chi connectivity index (χ0n) is 17.3. The van der Waals surface area contributed by atoms with Gasteiger partial charge in [-0.3, -0.25) is 9.59 Å². The molecule has 1 aromatic heterocycles. The Kier molecular flexibility index (Phi) is 6.55. The first-order valence-corrected chi connectivity index (χ1v) is 12.0. The summed E-state index contributed by atoms with van der Waals surface area (Å²) in [5.74, 6) is 0.941. The lowest BCUT2D eigenvalue weighted by atomic mass is 9.82. The summed E-state index contributed by atoms with van der Waals surface area (Å²) in [4.78, 5) is 26.3. The lowest BCUT2D eigenvalue weighted by molar-refractivity contribution is -0.123. The maximum atomic E-state index is 13.2. The van der Waals surface area contributed by atoms with E-state index in [4.69, 9.17) is 33.3 Å². The van der Waals surface area contributed by atoms with Gasteiger partial charge in [-0.15, -0.1) is 11.6 Å². The number of alkyl halides is 1. The van der Waals surface area contributed by atoms with E-state index < -0.39 is 0 Å². The van der Waals surface area contributed by atoms with Crippen LogP contribution in [0.1, 0.15) is 48.8 Å². The Balaban J connectivity index is 1.66. The highest BCUT2D eigenvalue weighted by Gasteiger charge is 2.42. The average molecular weight is 482 g/mol. The Labute approximate surface area is 194 Å². The summed E-state index contributed by atoms with van der Waals surface area (Å²) in [5, 5.41) is 5.79. The number of aromatic nitrogens is 1. The van der Waals surface area contributed by atoms with Crippen molar-refractivity contribution in [2.45, 2.75) is 44.5 Å². The van der Waals surface area contributed by atoms with E-state index in [0.717, 1.165) is 12.8 Å². The van der Waals surface area contributed by atoms with Gasteiger partial charge < -0.3 is 24.7 Å². The smallest absolute Gasteiger partial charge is 0.269 e. The van der Waals surface area contributed by atoms with Gasteiger partial charge in [-0.25, -0.2) is 0 Å². The molecule has 10 heteroatoms. The molecular formula is C21H24ClN3O4S2. The van der Waals surface area contributed by atoms with Crippen LogP contribution in [0.2, 0.25) is 0 Å². The van der Waals surface area contributed by atoms with Crippen LogP contribution in [0.4, 0.5) is 11.5 Å². The van der Waals surface area contributed by atoms with Crippen LogP contribution in [0.25, 0.3) is 0 Å². The van der Waals surface area contributed by atoms with Gasteiger partial charge in [-0.2, -0.15) is 0 Å². The van der Waals surface area contributed by atoms with Gasteiger partial charge in [0, 0.05) is 17.5 Å². The molecule has 1 aliphatic heterocycles. The molecule has 166 valence electrons. The number of amides is 2. The maximum absolute atomic E-state index is 13.2. The number of nitrogens with one attached hydrogen (secondary N) is 2. The monoisotopic (exact) mass is 481 g/mol. The van der Waals surface area contributed by atoms with Gasteiger partial charge in [0.2, 0.25) is 5.91 Å². The number of rotatable bonds is 6. The van der Waals surface area contributed by atoms with Crippen molar-refractivity contribution >= 4 is 58.5 Å². The van der Waals surface area contributed by atoms with Crippen molar-refractivity contribution < 1.29 is 19.1 Å². The van der Waals surface area contributed by atoms with Gasteiger partial charge in [0.1, 0.15) is 22.2 Å². The van der Waals surface area contributed by atoms with Crippen molar-refractivity contribution in [2.75, 3.05) is 23.8 Å². The molecule has 31 heavy (non-hydrogen) atoms. The predicted octanol–water partition coefficient (Wildman–Crippen LogP) is 5.23. The number of anilines is 2.